The lowest BCUT2D eigenvalue weighted by Gasteiger charge is -2.04. The molecule has 26 heavy (non-hydrogen) atoms. The van der Waals surface area contributed by atoms with Crippen LogP contribution in [0.3, 0.4) is 0 Å². The third kappa shape index (κ3) is 3.93. The highest BCUT2D eigenvalue weighted by atomic mass is 127. The molecular formula is C18H4F4I2S2. The molecule has 0 aliphatic heterocycles. The molecule has 130 valence electrons. The van der Waals surface area contributed by atoms with E-state index in [0.717, 1.165) is 7.14 Å². The van der Waals surface area contributed by atoms with E-state index < -0.39 is 34.4 Å². The van der Waals surface area contributed by atoms with Gasteiger partial charge in [-0.1, -0.05) is 11.8 Å². The summed E-state index contributed by atoms with van der Waals surface area (Å²) < 4.78 is 58.5. The van der Waals surface area contributed by atoms with Crippen LogP contribution in [0.1, 0.15) is 20.9 Å². The average Bonchev–Trinajstić information content (AvgIpc) is 3.21. The van der Waals surface area contributed by atoms with E-state index >= 15 is 0 Å². The van der Waals surface area contributed by atoms with Crippen LogP contribution in [0, 0.1) is 54.1 Å². The van der Waals surface area contributed by atoms with E-state index in [1.807, 2.05) is 45.2 Å². The van der Waals surface area contributed by atoms with Gasteiger partial charge in [0.15, 0.2) is 23.3 Å². The van der Waals surface area contributed by atoms with Gasteiger partial charge in [-0.25, -0.2) is 17.6 Å². The molecule has 3 aromatic rings. The first kappa shape index (κ1) is 19.7. The quantitative estimate of drug-likeness (QED) is 0.120. The van der Waals surface area contributed by atoms with E-state index in [0.29, 0.717) is 9.75 Å². The molecule has 2 aromatic heterocycles. The van der Waals surface area contributed by atoms with Crippen LogP contribution in [-0.2, 0) is 0 Å². The zero-order valence-electron chi connectivity index (χ0n) is 12.4. The standard InChI is InChI=1S/C18H4F4I2S2/c19-15-9(1-3-13-11(23)5-7-25-13)16(20)18(22)10(17(15)21)2-4-14-12(24)6-8-26-14/h5-8H. The maximum absolute atomic E-state index is 14.2. The maximum Gasteiger partial charge on any atom is 0.178 e. The molecule has 8 heteroatoms. The Morgan fingerprint density at radius 2 is 0.962 bits per heavy atom. The fourth-order valence-corrected chi connectivity index (χ4v) is 5.00. The van der Waals surface area contributed by atoms with Gasteiger partial charge in [-0.2, -0.15) is 0 Å². The Bertz CT molecular complexity index is 1010. The van der Waals surface area contributed by atoms with E-state index in [9.17, 15) is 17.6 Å². The Morgan fingerprint density at radius 3 is 1.23 bits per heavy atom. The second-order valence-corrected chi connectivity index (χ2v) is 8.86. The lowest BCUT2D eigenvalue weighted by atomic mass is 10.1. The Kier molecular flexibility index (Phi) is 6.28. The van der Waals surface area contributed by atoms with Crippen LogP contribution < -0.4 is 0 Å². The monoisotopic (exact) mass is 614 g/mol. The second kappa shape index (κ2) is 8.30. The first-order valence-corrected chi connectivity index (χ1v) is 10.7. The van der Waals surface area contributed by atoms with Crippen LogP contribution in [0.2, 0.25) is 0 Å². The molecule has 2 heterocycles. The van der Waals surface area contributed by atoms with Crippen LogP contribution in [0.4, 0.5) is 17.6 Å². The summed E-state index contributed by atoms with van der Waals surface area (Å²) in [6.45, 7) is 0. The fraction of sp³-hybridized carbons (Fsp3) is 0. The van der Waals surface area contributed by atoms with Gasteiger partial charge in [0.05, 0.1) is 9.75 Å². The average molecular weight is 614 g/mol. The first-order valence-electron chi connectivity index (χ1n) is 6.76. The zero-order valence-corrected chi connectivity index (χ0v) is 18.3. The van der Waals surface area contributed by atoms with Gasteiger partial charge >= 0.3 is 0 Å². The smallest absolute Gasteiger partial charge is 0.178 e. The highest BCUT2D eigenvalue weighted by molar-refractivity contribution is 14.1. The number of hydrogen-bond acceptors (Lipinski definition) is 2. The summed E-state index contributed by atoms with van der Waals surface area (Å²) >= 11 is 6.54. The Morgan fingerprint density at radius 1 is 0.615 bits per heavy atom. The van der Waals surface area contributed by atoms with Crippen molar-refractivity contribution in [3.63, 3.8) is 0 Å². The van der Waals surface area contributed by atoms with Crippen molar-refractivity contribution >= 4 is 67.9 Å². The zero-order chi connectivity index (χ0) is 18.8. The molecule has 0 nitrogen and oxygen atoms in total. The van der Waals surface area contributed by atoms with Gasteiger partial charge < -0.3 is 0 Å². The van der Waals surface area contributed by atoms with Crippen molar-refractivity contribution < 1.29 is 17.6 Å². The molecule has 0 saturated heterocycles. The maximum atomic E-state index is 14.2. The van der Waals surface area contributed by atoms with E-state index in [-0.39, 0.29) is 0 Å². The predicted molar refractivity (Wildman–Crippen MR) is 112 cm³/mol. The Hall–Kier alpha value is -1.08. The van der Waals surface area contributed by atoms with E-state index in [4.69, 9.17) is 0 Å². The first-order chi connectivity index (χ1) is 12.4. The number of benzene rings is 1. The molecule has 0 aliphatic carbocycles. The summed E-state index contributed by atoms with van der Waals surface area (Å²) in [5, 5.41) is 3.51. The molecule has 0 spiro atoms. The van der Waals surface area contributed by atoms with Crippen molar-refractivity contribution in [1.82, 2.24) is 0 Å². The highest BCUT2D eigenvalue weighted by Gasteiger charge is 2.23. The summed E-state index contributed by atoms with van der Waals surface area (Å²) in [6.07, 6.45) is 0. The Balaban J connectivity index is 2.09. The predicted octanol–water partition coefficient (Wildman–Crippen LogP) is 6.37. The van der Waals surface area contributed by atoms with Gasteiger partial charge in [-0.15, -0.1) is 22.7 Å². The molecule has 0 bridgehead atoms. The van der Waals surface area contributed by atoms with Crippen LogP contribution in [0.25, 0.3) is 0 Å². The number of hydrogen-bond donors (Lipinski definition) is 0. The van der Waals surface area contributed by atoms with Crippen molar-refractivity contribution in [3.05, 3.63) is 74.2 Å². The van der Waals surface area contributed by atoms with Gasteiger partial charge in [-0.05, 0) is 79.9 Å². The summed E-state index contributed by atoms with van der Waals surface area (Å²) in [5.74, 6) is 3.27. The molecule has 0 unspecified atom stereocenters. The van der Waals surface area contributed by atoms with E-state index in [1.54, 1.807) is 22.9 Å². The van der Waals surface area contributed by atoms with E-state index in [2.05, 4.69) is 23.7 Å². The summed E-state index contributed by atoms with van der Waals surface area (Å²) in [4.78, 5) is 1.11. The van der Waals surface area contributed by atoms with Crippen LogP contribution in [0.15, 0.2) is 22.9 Å². The molecule has 0 atom stereocenters. The number of rotatable bonds is 0. The van der Waals surface area contributed by atoms with Gasteiger partial charge in [0, 0.05) is 7.14 Å². The van der Waals surface area contributed by atoms with Gasteiger partial charge in [0.25, 0.3) is 0 Å². The van der Waals surface area contributed by atoms with Crippen molar-refractivity contribution in [3.8, 4) is 23.7 Å². The Labute approximate surface area is 181 Å². The second-order valence-electron chi connectivity index (χ2n) is 4.70. The molecule has 1 aromatic carbocycles. The molecular weight excluding hydrogens is 610 g/mol. The van der Waals surface area contributed by atoms with Crippen LogP contribution >= 0.6 is 67.9 Å². The van der Waals surface area contributed by atoms with Crippen LogP contribution in [-0.4, -0.2) is 0 Å². The van der Waals surface area contributed by atoms with Crippen molar-refractivity contribution in [2.45, 2.75) is 0 Å². The summed E-state index contributed by atoms with van der Waals surface area (Å²) in [7, 11) is 0. The van der Waals surface area contributed by atoms with Crippen LogP contribution in [0.5, 0.6) is 0 Å². The minimum absolute atomic E-state index is 0.557. The molecule has 0 saturated carbocycles. The molecule has 3 rings (SSSR count). The summed E-state index contributed by atoms with van der Waals surface area (Å²) in [5.41, 5.74) is -1.89. The fourth-order valence-electron chi connectivity index (χ4n) is 1.86. The number of thiophene rings is 2. The SMILES string of the molecule is Fc1c(F)c(C#Cc2sccc2I)c(F)c(F)c1C#Cc1sccc1I. The minimum atomic E-state index is -1.55. The molecule has 0 N–H and O–H groups in total. The highest BCUT2D eigenvalue weighted by Crippen LogP contribution is 2.25. The van der Waals surface area contributed by atoms with Crippen molar-refractivity contribution in [1.29, 1.82) is 0 Å². The lowest BCUT2D eigenvalue weighted by molar-refractivity contribution is 0.447. The molecule has 0 amide bonds. The minimum Gasteiger partial charge on any atom is -0.202 e. The topological polar surface area (TPSA) is 0 Å². The largest absolute Gasteiger partial charge is 0.202 e. The third-order valence-corrected chi connectivity index (χ3v) is 7.29. The molecule has 0 fully saturated rings. The molecule has 0 radical (unpaired) electrons. The van der Waals surface area contributed by atoms with Crippen molar-refractivity contribution in [2.24, 2.45) is 0 Å². The number of halogens is 6. The summed E-state index contributed by atoms with van der Waals surface area (Å²) in [6, 6.07) is 3.54. The third-order valence-electron chi connectivity index (χ3n) is 3.10. The van der Waals surface area contributed by atoms with Gasteiger partial charge in [0.2, 0.25) is 0 Å². The van der Waals surface area contributed by atoms with Gasteiger partial charge in [-0.3, -0.25) is 0 Å². The van der Waals surface area contributed by atoms with Crippen molar-refractivity contribution in [2.75, 3.05) is 0 Å². The normalized spacial score (nSPS) is 10.1. The lowest BCUT2D eigenvalue weighted by Crippen LogP contribution is -2.04. The van der Waals surface area contributed by atoms with Gasteiger partial charge in [0.1, 0.15) is 11.1 Å². The van der Waals surface area contributed by atoms with E-state index in [1.165, 1.54) is 22.7 Å². The molecule has 0 aliphatic rings.